The van der Waals surface area contributed by atoms with Gasteiger partial charge in [-0.3, -0.25) is 0 Å². The van der Waals surface area contributed by atoms with Gasteiger partial charge in [0.05, 0.1) is 12.0 Å². The first-order valence-electron chi connectivity index (χ1n) is 7.32. The number of rotatable bonds is 5. The van der Waals surface area contributed by atoms with E-state index in [0.29, 0.717) is 0 Å². The van der Waals surface area contributed by atoms with Crippen LogP contribution in [-0.2, 0) is 9.37 Å². The number of thiol groups is 1. The summed E-state index contributed by atoms with van der Waals surface area (Å²) in [7, 11) is 0. The lowest BCUT2D eigenvalue weighted by atomic mass is 9.98. The Morgan fingerprint density at radius 3 is 1.88 bits per heavy atom. The third kappa shape index (κ3) is 4.20. The summed E-state index contributed by atoms with van der Waals surface area (Å²) in [5, 5.41) is 11.8. The quantitative estimate of drug-likeness (QED) is 0.253. The second kappa shape index (κ2) is 7.88. The molecular weight excluding hydrogens is 340 g/mol. The van der Waals surface area contributed by atoms with Crippen molar-refractivity contribution < 1.29 is 14.6 Å². The molecule has 0 spiro atoms. The van der Waals surface area contributed by atoms with Gasteiger partial charge < -0.3 is 0 Å². The van der Waals surface area contributed by atoms with E-state index in [1.807, 2.05) is 30.3 Å². The van der Waals surface area contributed by atoms with Crippen LogP contribution in [0.1, 0.15) is 5.56 Å². The highest BCUT2D eigenvalue weighted by Crippen LogP contribution is 2.31. The minimum atomic E-state index is 0.827. The zero-order valence-corrected chi connectivity index (χ0v) is 14.7. The maximum atomic E-state index is 8.20. The van der Waals surface area contributed by atoms with Crippen LogP contribution < -0.4 is 0 Å². The Balaban J connectivity index is 1.92. The van der Waals surface area contributed by atoms with Crippen molar-refractivity contribution in [1.82, 2.24) is 0 Å². The Bertz CT molecular complexity index is 815. The maximum Gasteiger partial charge on any atom is 0.0714 e. The SMILES string of the molecule is Cc1ccc(-c2cc(S)cc(-c3ccc(SOOO)cc3)c2)cc1. The number of hydrogen-bond donors (Lipinski definition) is 2. The van der Waals surface area contributed by atoms with Crippen molar-refractivity contribution >= 4 is 24.7 Å². The highest BCUT2D eigenvalue weighted by Gasteiger charge is 2.05. The van der Waals surface area contributed by atoms with Crippen molar-refractivity contribution in [3.63, 3.8) is 0 Å². The summed E-state index contributed by atoms with van der Waals surface area (Å²) in [6.07, 6.45) is 0. The van der Waals surface area contributed by atoms with Gasteiger partial charge in [-0.25, -0.2) is 5.26 Å². The number of benzene rings is 3. The van der Waals surface area contributed by atoms with Crippen LogP contribution in [0.4, 0.5) is 0 Å². The minimum absolute atomic E-state index is 0.827. The van der Waals surface area contributed by atoms with Crippen LogP contribution in [0.5, 0.6) is 0 Å². The number of hydrogen-bond acceptors (Lipinski definition) is 5. The summed E-state index contributed by atoms with van der Waals surface area (Å²) in [5.41, 5.74) is 5.71. The maximum absolute atomic E-state index is 8.20. The van der Waals surface area contributed by atoms with Gasteiger partial charge in [0.2, 0.25) is 0 Å². The molecule has 3 rings (SSSR count). The summed E-state index contributed by atoms with van der Waals surface area (Å²) in [5.74, 6) is 0. The van der Waals surface area contributed by atoms with Crippen LogP contribution in [0, 0.1) is 6.92 Å². The summed E-state index contributed by atoms with van der Waals surface area (Å²) in [6, 6.07) is 22.5. The monoisotopic (exact) mass is 356 g/mol. The molecule has 0 saturated carbocycles. The normalized spacial score (nSPS) is 10.8. The standard InChI is InChI=1S/C19H16O3S2/c1-13-2-4-14(5-3-13)16-10-17(12-18(23)11-16)15-6-8-19(9-7-15)24-22-21-20/h2-12,20,23H,1H3. The molecule has 0 aliphatic carbocycles. The Hall–Kier alpha value is -1.76. The molecule has 0 heterocycles. The van der Waals surface area contributed by atoms with Crippen molar-refractivity contribution in [3.8, 4) is 22.3 Å². The second-order valence-electron chi connectivity index (χ2n) is 5.38. The van der Waals surface area contributed by atoms with Crippen molar-refractivity contribution in [3.05, 3.63) is 72.3 Å². The van der Waals surface area contributed by atoms with E-state index in [-0.39, 0.29) is 0 Å². The van der Waals surface area contributed by atoms with Crippen molar-refractivity contribution in [1.29, 1.82) is 0 Å². The van der Waals surface area contributed by atoms with Gasteiger partial charge in [-0.15, -0.1) is 17.0 Å². The largest absolute Gasteiger partial charge is 0.220 e. The van der Waals surface area contributed by atoms with Gasteiger partial charge in [0, 0.05) is 9.79 Å². The summed E-state index contributed by atoms with van der Waals surface area (Å²) >= 11 is 5.48. The first-order chi connectivity index (χ1) is 11.7. The fourth-order valence-electron chi connectivity index (χ4n) is 2.45. The van der Waals surface area contributed by atoms with Crippen LogP contribution >= 0.6 is 24.7 Å². The Morgan fingerprint density at radius 2 is 1.33 bits per heavy atom. The van der Waals surface area contributed by atoms with Crippen molar-refractivity contribution in [2.45, 2.75) is 16.7 Å². The van der Waals surface area contributed by atoms with Gasteiger partial charge >= 0.3 is 0 Å². The Morgan fingerprint density at radius 1 is 0.792 bits per heavy atom. The van der Waals surface area contributed by atoms with E-state index >= 15 is 0 Å². The molecule has 3 nitrogen and oxygen atoms in total. The van der Waals surface area contributed by atoms with E-state index in [1.165, 1.54) is 11.1 Å². The predicted molar refractivity (Wildman–Crippen MR) is 100.0 cm³/mol. The van der Waals surface area contributed by atoms with E-state index in [9.17, 15) is 0 Å². The van der Waals surface area contributed by atoms with E-state index in [0.717, 1.165) is 38.5 Å². The molecule has 0 amide bonds. The fourth-order valence-corrected chi connectivity index (χ4v) is 3.08. The van der Waals surface area contributed by atoms with E-state index in [4.69, 9.17) is 5.26 Å². The smallest absolute Gasteiger partial charge is 0.0714 e. The zero-order valence-electron chi connectivity index (χ0n) is 13.0. The molecule has 1 N–H and O–H groups in total. The second-order valence-corrected chi connectivity index (χ2v) is 6.68. The summed E-state index contributed by atoms with van der Waals surface area (Å²) in [6.45, 7) is 2.08. The fraction of sp³-hybridized carbons (Fsp3) is 0.0526. The molecule has 3 aromatic carbocycles. The lowest BCUT2D eigenvalue weighted by Crippen LogP contribution is -1.84. The molecule has 0 unspecified atom stereocenters. The van der Waals surface area contributed by atoms with E-state index in [1.54, 1.807) is 0 Å². The molecule has 0 radical (unpaired) electrons. The molecule has 5 heteroatoms. The first-order valence-corrected chi connectivity index (χ1v) is 8.51. The molecule has 0 fully saturated rings. The minimum Gasteiger partial charge on any atom is -0.220 e. The first kappa shape index (κ1) is 17.1. The summed E-state index contributed by atoms with van der Waals surface area (Å²) in [4.78, 5) is 1.74. The zero-order chi connectivity index (χ0) is 16.9. The van der Waals surface area contributed by atoms with Gasteiger partial charge in [0.15, 0.2) is 0 Å². The van der Waals surface area contributed by atoms with Gasteiger partial charge in [0.25, 0.3) is 0 Å². The molecule has 0 bridgehead atoms. The third-order valence-corrected chi connectivity index (χ3v) is 4.50. The lowest BCUT2D eigenvalue weighted by Gasteiger charge is -2.09. The molecule has 122 valence electrons. The van der Waals surface area contributed by atoms with E-state index in [2.05, 4.69) is 65.3 Å². The van der Waals surface area contributed by atoms with Gasteiger partial charge in [-0.05, 0) is 59.5 Å². The predicted octanol–water partition coefficient (Wildman–Crippen LogP) is 6.05. The van der Waals surface area contributed by atoms with Crippen LogP contribution in [0.25, 0.3) is 22.3 Å². The van der Waals surface area contributed by atoms with Crippen LogP contribution in [0.3, 0.4) is 0 Å². The highest BCUT2D eigenvalue weighted by molar-refractivity contribution is 7.94. The molecule has 24 heavy (non-hydrogen) atoms. The van der Waals surface area contributed by atoms with Gasteiger partial charge in [-0.1, -0.05) is 47.0 Å². The molecule has 0 aliphatic heterocycles. The Kier molecular flexibility index (Phi) is 5.60. The average Bonchev–Trinajstić information content (AvgIpc) is 2.60. The highest BCUT2D eigenvalue weighted by atomic mass is 32.2. The van der Waals surface area contributed by atoms with E-state index < -0.39 is 0 Å². The third-order valence-electron chi connectivity index (χ3n) is 3.65. The lowest BCUT2D eigenvalue weighted by molar-refractivity contribution is -0.432. The van der Waals surface area contributed by atoms with Crippen LogP contribution in [0.2, 0.25) is 0 Å². The number of aryl methyl sites for hydroxylation is 1. The molecule has 0 aromatic heterocycles. The van der Waals surface area contributed by atoms with Crippen LogP contribution in [0.15, 0.2) is 76.5 Å². The van der Waals surface area contributed by atoms with Crippen molar-refractivity contribution in [2.24, 2.45) is 0 Å². The molecule has 0 atom stereocenters. The molecular formula is C19H16O3S2. The van der Waals surface area contributed by atoms with Crippen LogP contribution in [-0.4, -0.2) is 5.26 Å². The van der Waals surface area contributed by atoms with Crippen molar-refractivity contribution in [2.75, 3.05) is 0 Å². The van der Waals surface area contributed by atoms with Gasteiger partial charge in [0.1, 0.15) is 0 Å². The average molecular weight is 356 g/mol. The Labute approximate surface area is 150 Å². The van der Waals surface area contributed by atoms with Gasteiger partial charge in [-0.2, -0.15) is 0 Å². The molecule has 0 aliphatic rings. The molecule has 3 aromatic rings. The molecule has 0 saturated heterocycles. The summed E-state index contributed by atoms with van der Waals surface area (Å²) < 4.78 is 4.43. The topological polar surface area (TPSA) is 38.7 Å².